The van der Waals surface area contributed by atoms with E-state index in [0.717, 1.165) is 30.1 Å². The van der Waals surface area contributed by atoms with E-state index in [1.165, 1.54) is 5.56 Å². The van der Waals surface area contributed by atoms with E-state index in [0.29, 0.717) is 0 Å². The lowest BCUT2D eigenvalue weighted by Crippen LogP contribution is -2.50. The van der Waals surface area contributed by atoms with Gasteiger partial charge in [0.2, 0.25) is 0 Å². The van der Waals surface area contributed by atoms with Crippen LogP contribution in [0.4, 0.5) is 5.69 Å². The molecule has 4 N–H and O–H groups in total. The van der Waals surface area contributed by atoms with Crippen molar-refractivity contribution in [2.45, 2.75) is 36.0 Å². The summed E-state index contributed by atoms with van der Waals surface area (Å²) in [7, 11) is 0. The largest absolute Gasteiger partial charge is 0.398 e. The topological polar surface area (TPSA) is 58.3 Å². The number of rotatable bonds is 2. The fraction of sp³-hybridized carbons (Fsp3) is 0.538. The maximum atomic E-state index is 10.4. The predicted molar refractivity (Wildman–Crippen MR) is 73.3 cm³/mol. The summed E-state index contributed by atoms with van der Waals surface area (Å²) >= 11 is 1.67. The summed E-state index contributed by atoms with van der Waals surface area (Å²) in [4.78, 5) is 1.07. The summed E-state index contributed by atoms with van der Waals surface area (Å²) in [6.45, 7) is 5.68. The zero-order chi connectivity index (χ0) is 12.5. The Labute approximate surface area is 107 Å². The molecule has 0 spiro atoms. The van der Waals surface area contributed by atoms with Crippen LogP contribution < -0.4 is 11.1 Å². The SMILES string of the molecule is Cc1ccc(N)c(SC2CNCCC2(C)O)c1. The lowest BCUT2D eigenvalue weighted by atomic mass is 9.94. The number of aliphatic hydroxyl groups is 1. The zero-order valence-corrected chi connectivity index (χ0v) is 11.2. The van der Waals surface area contributed by atoms with Crippen LogP contribution in [0.5, 0.6) is 0 Å². The zero-order valence-electron chi connectivity index (χ0n) is 10.4. The highest BCUT2D eigenvalue weighted by Crippen LogP contribution is 2.36. The maximum Gasteiger partial charge on any atom is 0.0765 e. The van der Waals surface area contributed by atoms with Gasteiger partial charge in [-0.1, -0.05) is 6.07 Å². The lowest BCUT2D eigenvalue weighted by Gasteiger charge is -2.37. The summed E-state index contributed by atoms with van der Waals surface area (Å²) in [5, 5.41) is 13.8. The van der Waals surface area contributed by atoms with Gasteiger partial charge in [0.1, 0.15) is 0 Å². The van der Waals surface area contributed by atoms with Crippen LogP contribution in [0.3, 0.4) is 0 Å². The second kappa shape index (κ2) is 4.88. The molecule has 0 amide bonds. The average molecular weight is 252 g/mol. The van der Waals surface area contributed by atoms with Crippen LogP contribution in [-0.4, -0.2) is 29.0 Å². The van der Waals surface area contributed by atoms with E-state index in [2.05, 4.69) is 18.3 Å². The van der Waals surface area contributed by atoms with Crippen molar-refractivity contribution >= 4 is 17.4 Å². The highest BCUT2D eigenvalue weighted by atomic mass is 32.2. The van der Waals surface area contributed by atoms with Crippen LogP contribution in [0, 0.1) is 6.92 Å². The number of anilines is 1. The number of benzene rings is 1. The molecule has 2 rings (SSSR count). The van der Waals surface area contributed by atoms with E-state index < -0.39 is 5.60 Å². The quantitative estimate of drug-likeness (QED) is 0.702. The van der Waals surface area contributed by atoms with Crippen LogP contribution in [0.25, 0.3) is 0 Å². The van der Waals surface area contributed by atoms with Crippen LogP contribution >= 0.6 is 11.8 Å². The number of thioether (sulfide) groups is 1. The molecule has 1 fully saturated rings. The van der Waals surface area contributed by atoms with E-state index in [1.807, 2.05) is 19.1 Å². The van der Waals surface area contributed by atoms with Crippen LogP contribution in [0.1, 0.15) is 18.9 Å². The molecule has 0 aromatic heterocycles. The monoisotopic (exact) mass is 252 g/mol. The van der Waals surface area contributed by atoms with Crippen molar-refractivity contribution in [2.75, 3.05) is 18.8 Å². The smallest absolute Gasteiger partial charge is 0.0765 e. The van der Waals surface area contributed by atoms with Gasteiger partial charge < -0.3 is 16.2 Å². The Morgan fingerprint density at radius 2 is 2.29 bits per heavy atom. The molecule has 0 saturated carbocycles. The molecule has 1 heterocycles. The van der Waals surface area contributed by atoms with Gasteiger partial charge >= 0.3 is 0 Å². The maximum absolute atomic E-state index is 10.4. The highest BCUT2D eigenvalue weighted by molar-refractivity contribution is 8.00. The van der Waals surface area contributed by atoms with Crippen LogP contribution in [0.15, 0.2) is 23.1 Å². The molecule has 17 heavy (non-hydrogen) atoms. The second-order valence-electron chi connectivity index (χ2n) is 4.96. The summed E-state index contributed by atoms with van der Waals surface area (Å²) in [5.41, 5.74) is 7.35. The summed E-state index contributed by atoms with van der Waals surface area (Å²) in [6, 6.07) is 6.03. The van der Waals surface area contributed by atoms with Gasteiger partial charge in [0.25, 0.3) is 0 Å². The van der Waals surface area contributed by atoms with E-state index >= 15 is 0 Å². The molecular weight excluding hydrogens is 232 g/mol. The molecule has 2 unspecified atom stereocenters. The van der Waals surface area contributed by atoms with Crippen molar-refractivity contribution in [2.24, 2.45) is 0 Å². The molecule has 1 aromatic rings. The normalized spacial score (nSPS) is 29.2. The average Bonchev–Trinajstić information content (AvgIpc) is 2.26. The van der Waals surface area contributed by atoms with Gasteiger partial charge in [0.15, 0.2) is 0 Å². The molecule has 94 valence electrons. The summed E-state index contributed by atoms with van der Waals surface area (Å²) in [6.07, 6.45) is 0.788. The van der Waals surface area contributed by atoms with E-state index in [-0.39, 0.29) is 5.25 Å². The fourth-order valence-electron chi connectivity index (χ4n) is 2.02. The van der Waals surface area contributed by atoms with Crippen molar-refractivity contribution in [1.82, 2.24) is 5.32 Å². The van der Waals surface area contributed by atoms with Crippen molar-refractivity contribution in [3.05, 3.63) is 23.8 Å². The van der Waals surface area contributed by atoms with Crippen molar-refractivity contribution < 1.29 is 5.11 Å². The Kier molecular flexibility index (Phi) is 3.66. The van der Waals surface area contributed by atoms with Crippen LogP contribution in [0.2, 0.25) is 0 Å². The lowest BCUT2D eigenvalue weighted by molar-refractivity contribution is 0.0355. The van der Waals surface area contributed by atoms with E-state index in [4.69, 9.17) is 5.73 Å². The Hall–Kier alpha value is -0.710. The Morgan fingerprint density at radius 1 is 1.53 bits per heavy atom. The van der Waals surface area contributed by atoms with Gasteiger partial charge in [-0.3, -0.25) is 0 Å². The van der Waals surface area contributed by atoms with Gasteiger partial charge in [-0.2, -0.15) is 0 Å². The molecular formula is C13H20N2OS. The number of nitrogen functional groups attached to an aromatic ring is 1. The molecule has 0 radical (unpaired) electrons. The van der Waals surface area contributed by atoms with Gasteiger partial charge in [-0.15, -0.1) is 11.8 Å². The third kappa shape index (κ3) is 2.94. The highest BCUT2D eigenvalue weighted by Gasteiger charge is 2.35. The Bertz CT molecular complexity index is 406. The van der Waals surface area contributed by atoms with Gasteiger partial charge in [0.05, 0.1) is 10.9 Å². The summed E-state index contributed by atoms with van der Waals surface area (Å²) in [5.74, 6) is 0. The summed E-state index contributed by atoms with van der Waals surface area (Å²) < 4.78 is 0. The number of piperidine rings is 1. The molecule has 1 aliphatic heterocycles. The molecule has 1 aliphatic rings. The molecule has 1 aromatic carbocycles. The fourth-order valence-corrected chi connectivity index (χ4v) is 3.36. The van der Waals surface area contributed by atoms with Crippen molar-refractivity contribution in [3.8, 4) is 0 Å². The number of nitrogens with two attached hydrogens (primary N) is 1. The third-order valence-electron chi connectivity index (χ3n) is 3.27. The minimum atomic E-state index is -0.619. The molecule has 2 atom stereocenters. The second-order valence-corrected chi connectivity index (χ2v) is 6.20. The first kappa shape index (κ1) is 12.7. The van der Waals surface area contributed by atoms with Crippen molar-refractivity contribution in [1.29, 1.82) is 0 Å². The van der Waals surface area contributed by atoms with Crippen LogP contribution in [-0.2, 0) is 0 Å². The van der Waals surface area contributed by atoms with Gasteiger partial charge in [0, 0.05) is 17.1 Å². The Balaban J connectivity index is 2.16. The minimum Gasteiger partial charge on any atom is -0.398 e. The molecule has 1 saturated heterocycles. The Morgan fingerprint density at radius 3 is 3.00 bits per heavy atom. The van der Waals surface area contributed by atoms with Crippen molar-refractivity contribution in [3.63, 3.8) is 0 Å². The standard InChI is InChI=1S/C13H20N2OS/c1-9-3-4-10(14)11(7-9)17-12-8-15-6-5-13(12,2)16/h3-4,7,12,15-16H,5-6,8,14H2,1-2H3. The number of nitrogens with one attached hydrogen (secondary N) is 1. The first-order valence-corrected chi connectivity index (χ1v) is 6.83. The first-order valence-electron chi connectivity index (χ1n) is 5.95. The predicted octanol–water partition coefficient (Wildman–Crippen LogP) is 1.78. The number of hydrogen-bond donors (Lipinski definition) is 3. The van der Waals surface area contributed by atoms with Gasteiger partial charge in [-0.25, -0.2) is 0 Å². The molecule has 3 nitrogen and oxygen atoms in total. The van der Waals surface area contributed by atoms with E-state index in [9.17, 15) is 5.11 Å². The first-order chi connectivity index (χ1) is 7.99. The van der Waals surface area contributed by atoms with E-state index in [1.54, 1.807) is 11.8 Å². The molecule has 0 aliphatic carbocycles. The molecule has 4 heteroatoms. The minimum absolute atomic E-state index is 0.153. The third-order valence-corrected chi connectivity index (χ3v) is 4.84. The van der Waals surface area contributed by atoms with Gasteiger partial charge in [-0.05, 0) is 44.5 Å². The number of hydrogen-bond acceptors (Lipinski definition) is 4. The number of aryl methyl sites for hydroxylation is 1. The molecule has 0 bridgehead atoms.